The van der Waals surface area contributed by atoms with Crippen LogP contribution in [0.15, 0.2) is 24.8 Å². The third kappa shape index (κ3) is 1.77. The van der Waals surface area contributed by atoms with Gasteiger partial charge in [-0.25, -0.2) is 15.0 Å². The summed E-state index contributed by atoms with van der Waals surface area (Å²) in [5.74, 6) is 0.365. The average Bonchev–Trinajstić information content (AvgIpc) is 2.19. The molecule has 70 valence electrons. The van der Waals surface area contributed by atoms with Gasteiger partial charge in [-0.15, -0.1) is 0 Å². The van der Waals surface area contributed by atoms with Crippen LogP contribution in [0, 0.1) is 0 Å². The van der Waals surface area contributed by atoms with Crippen LogP contribution in [0.25, 0.3) is 11.4 Å². The molecule has 2 N–H and O–H groups in total. The van der Waals surface area contributed by atoms with Crippen molar-refractivity contribution >= 4 is 17.4 Å². The minimum Gasteiger partial charge on any atom is -0.382 e. The van der Waals surface area contributed by atoms with Crippen molar-refractivity contribution in [2.45, 2.75) is 0 Å². The number of nitrogens with zero attached hydrogens (tertiary/aromatic N) is 4. The van der Waals surface area contributed by atoms with Gasteiger partial charge >= 0.3 is 0 Å². The normalized spacial score (nSPS) is 10.1. The van der Waals surface area contributed by atoms with Gasteiger partial charge in [0.05, 0.1) is 24.8 Å². The highest BCUT2D eigenvalue weighted by Gasteiger charge is 2.02. The summed E-state index contributed by atoms with van der Waals surface area (Å²) >= 11 is 5.68. The van der Waals surface area contributed by atoms with Crippen LogP contribution in [-0.2, 0) is 0 Å². The number of nitrogens with two attached hydrogens (primary N) is 1. The molecule has 0 bridgehead atoms. The number of nitrogen functional groups attached to an aromatic ring is 1. The molecule has 0 aromatic carbocycles. The second kappa shape index (κ2) is 3.55. The first-order chi connectivity index (χ1) is 6.75. The standard InChI is InChI=1S/C8H6ClN5/c9-7-3-11-1-6(14-7)5-2-13-8(10)4-12-5/h1-4H,(H2,10,13). The molecule has 6 heteroatoms. The summed E-state index contributed by atoms with van der Waals surface area (Å²) in [7, 11) is 0. The monoisotopic (exact) mass is 207 g/mol. The van der Waals surface area contributed by atoms with Gasteiger partial charge in [0.1, 0.15) is 22.4 Å². The van der Waals surface area contributed by atoms with E-state index in [1.165, 1.54) is 18.6 Å². The summed E-state index contributed by atoms with van der Waals surface area (Å²) in [5, 5.41) is 0.320. The Labute approximate surface area is 85.0 Å². The van der Waals surface area contributed by atoms with Crippen LogP contribution in [0.1, 0.15) is 0 Å². The highest BCUT2D eigenvalue weighted by Crippen LogP contribution is 2.14. The van der Waals surface area contributed by atoms with Crippen LogP contribution in [0.3, 0.4) is 0 Å². The summed E-state index contributed by atoms with van der Waals surface area (Å²) in [6.45, 7) is 0. The van der Waals surface area contributed by atoms with Crippen LogP contribution in [0.5, 0.6) is 0 Å². The lowest BCUT2D eigenvalue weighted by atomic mass is 10.3. The molecule has 14 heavy (non-hydrogen) atoms. The maximum absolute atomic E-state index is 5.68. The minimum atomic E-state index is 0.320. The Morgan fingerprint density at radius 1 is 1.00 bits per heavy atom. The smallest absolute Gasteiger partial charge is 0.148 e. The fourth-order valence-electron chi connectivity index (χ4n) is 0.936. The number of hydrogen-bond donors (Lipinski definition) is 1. The van der Waals surface area contributed by atoms with Gasteiger partial charge in [0, 0.05) is 0 Å². The topological polar surface area (TPSA) is 77.6 Å². The Bertz CT molecular complexity index is 442. The van der Waals surface area contributed by atoms with Crippen molar-refractivity contribution in [2.24, 2.45) is 0 Å². The molecule has 2 aromatic rings. The van der Waals surface area contributed by atoms with Gasteiger partial charge in [0.15, 0.2) is 0 Å². The average molecular weight is 208 g/mol. The molecular formula is C8H6ClN5. The highest BCUT2D eigenvalue weighted by atomic mass is 35.5. The molecule has 2 aromatic heterocycles. The SMILES string of the molecule is Nc1cnc(-c2cncc(Cl)n2)cn1. The van der Waals surface area contributed by atoms with Gasteiger partial charge in [0.2, 0.25) is 0 Å². The quantitative estimate of drug-likeness (QED) is 0.760. The second-order valence-electron chi connectivity index (χ2n) is 2.55. The van der Waals surface area contributed by atoms with Crippen molar-refractivity contribution in [3.8, 4) is 11.4 Å². The zero-order valence-corrected chi connectivity index (χ0v) is 7.81. The molecule has 5 nitrogen and oxygen atoms in total. The Morgan fingerprint density at radius 3 is 2.50 bits per heavy atom. The van der Waals surface area contributed by atoms with Gasteiger partial charge in [-0.3, -0.25) is 4.98 Å². The molecule has 0 aliphatic rings. The Morgan fingerprint density at radius 2 is 1.86 bits per heavy atom. The number of halogens is 1. The molecule has 0 saturated heterocycles. The van der Waals surface area contributed by atoms with Crippen molar-refractivity contribution in [3.63, 3.8) is 0 Å². The van der Waals surface area contributed by atoms with E-state index < -0.39 is 0 Å². The number of hydrogen-bond acceptors (Lipinski definition) is 5. The zero-order chi connectivity index (χ0) is 9.97. The van der Waals surface area contributed by atoms with Gasteiger partial charge in [-0.05, 0) is 0 Å². The van der Waals surface area contributed by atoms with E-state index in [1.807, 2.05) is 0 Å². The molecular weight excluding hydrogens is 202 g/mol. The fraction of sp³-hybridized carbons (Fsp3) is 0. The van der Waals surface area contributed by atoms with Crippen molar-refractivity contribution in [2.75, 3.05) is 5.73 Å². The predicted octanol–water partition coefficient (Wildman–Crippen LogP) is 1.17. The summed E-state index contributed by atoms with van der Waals surface area (Å²) < 4.78 is 0. The highest BCUT2D eigenvalue weighted by molar-refractivity contribution is 6.29. The third-order valence-electron chi connectivity index (χ3n) is 1.54. The molecule has 0 amide bonds. The predicted molar refractivity (Wildman–Crippen MR) is 52.5 cm³/mol. The van der Waals surface area contributed by atoms with Gasteiger partial charge in [-0.1, -0.05) is 11.6 Å². The Kier molecular flexibility index (Phi) is 2.24. The lowest BCUT2D eigenvalue weighted by Gasteiger charge is -1.98. The maximum atomic E-state index is 5.68. The summed E-state index contributed by atoms with van der Waals surface area (Å²) in [6, 6.07) is 0. The van der Waals surface area contributed by atoms with Crippen LogP contribution in [0.2, 0.25) is 5.15 Å². The van der Waals surface area contributed by atoms with Crippen LogP contribution in [0.4, 0.5) is 5.82 Å². The fourth-order valence-corrected chi connectivity index (χ4v) is 1.08. The van der Waals surface area contributed by atoms with Gasteiger partial charge < -0.3 is 5.73 Å². The van der Waals surface area contributed by atoms with Crippen molar-refractivity contribution in [1.82, 2.24) is 19.9 Å². The molecule has 0 spiro atoms. The van der Waals surface area contributed by atoms with E-state index in [-0.39, 0.29) is 0 Å². The van der Waals surface area contributed by atoms with Crippen LogP contribution in [-0.4, -0.2) is 19.9 Å². The van der Waals surface area contributed by atoms with Crippen molar-refractivity contribution in [1.29, 1.82) is 0 Å². The molecule has 0 aliphatic heterocycles. The summed E-state index contributed by atoms with van der Waals surface area (Å²) in [6.07, 6.45) is 6.00. The molecule has 0 atom stereocenters. The Balaban J connectivity index is 2.44. The lowest BCUT2D eigenvalue weighted by Crippen LogP contribution is -1.94. The molecule has 0 aliphatic carbocycles. The molecule has 0 fully saturated rings. The lowest BCUT2D eigenvalue weighted by molar-refractivity contribution is 1.15. The van der Waals surface area contributed by atoms with E-state index in [4.69, 9.17) is 17.3 Å². The van der Waals surface area contributed by atoms with E-state index in [9.17, 15) is 0 Å². The van der Waals surface area contributed by atoms with E-state index in [2.05, 4.69) is 19.9 Å². The van der Waals surface area contributed by atoms with Gasteiger partial charge in [-0.2, -0.15) is 0 Å². The first-order valence-electron chi connectivity index (χ1n) is 3.81. The first-order valence-corrected chi connectivity index (χ1v) is 4.19. The maximum Gasteiger partial charge on any atom is 0.148 e. The van der Waals surface area contributed by atoms with Gasteiger partial charge in [0.25, 0.3) is 0 Å². The van der Waals surface area contributed by atoms with Crippen LogP contribution < -0.4 is 5.73 Å². The third-order valence-corrected chi connectivity index (χ3v) is 1.72. The van der Waals surface area contributed by atoms with Crippen molar-refractivity contribution in [3.05, 3.63) is 29.9 Å². The number of aromatic nitrogens is 4. The minimum absolute atomic E-state index is 0.320. The van der Waals surface area contributed by atoms with E-state index in [0.29, 0.717) is 22.4 Å². The van der Waals surface area contributed by atoms with E-state index in [0.717, 1.165) is 0 Å². The zero-order valence-electron chi connectivity index (χ0n) is 7.05. The summed E-state index contributed by atoms with van der Waals surface area (Å²) in [5.41, 5.74) is 6.56. The van der Waals surface area contributed by atoms with Crippen molar-refractivity contribution < 1.29 is 0 Å². The molecule has 0 radical (unpaired) electrons. The van der Waals surface area contributed by atoms with E-state index in [1.54, 1.807) is 6.20 Å². The molecule has 0 unspecified atom stereocenters. The molecule has 0 saturated carbocycles. The van der Waals surface area contributed by atoms with E-state index >= 15 is 0 Å². The van der Waals surface area contributed by atoms with Crippen LogP contribution >= 0.6 is 11.6 Å². The number of rotatable bonds is 1. The second-order valence-corrected chi connectivity index (χ2v) is 2.94. The summed E-state index contributed by atoms with van der Waals surface area (Å²) in [4.78, 5) is 15.9. The first kappa shape index (κ1) is 8.83. The number of anilines is 1. The molecule has 2 rings (SSSR count). The Hall–Kier alpha value is -1.75. The molecule has 2 heterocycles. The largest absolute Gasteiger partial charge is 0.382 e.